The maximum Gasteiger partial charge on any atom is 0.237 e. The molecule has 0 aromatic carbocycles. The van der Waals surface area contributed by atoms with Crippen LogP contribution in [0.1, 0.15) is 11.6 Å². The molecule has 1 aliphatic heterocycles. The number of aromatic nitrogens is 3. The molecule has 1 fully saturated rings. The molecule has 2 rings (SSSR count). The largest absolute Gasteiger partial charge is 0.348 e. The van der Waals surface area contributed by atoms with Gasteiger partial charge in [-0.3, -0.25) is 14.7 Å². The number of hydrogen-bond acceptors (Lipinski definition) is 4. The molecule has 1 unspecified atom stereocenters. The number of ketones is 1. The molecule has 1 saturated heterocycles. The van der Waals surface area contributed by atoms with Gasteiger partial charge in [0.05, 0.1) is 6.54 Å². The molecule has 1 aromatic heterocycles. The SMILES string of the molecule is O=C1CNC(=O)C1c1c[nH]nn1. The summed E-state index contributed by atoms with van der Waals surface area (Å²) < 4.78 is 0. The Morgan fingerprint density at radius 3 is 2.83 bits per heavy atom. The van der Waals surface area contributed by atoms with E-state index >= 15 is 0 Å². The fraction of sp³-hybridized carbons (Fsp3) is 0.333. The van der Waals surface area contributed by atoms with E-state index in [1.165, 1.54) is 6.20 Å². The molecule has 1 atom stereocenters. The fourth-order valence-electron chi connectivity index (χ4n) is 1.18. The first-order valence-electron chi connectivity index (χ1n) is 3.46. The number of carbonyl (C=O) groups excluding carboxylic acids is 2. The number of rotatable bonds is 1. The van der Waals surface area contributed by atoms with Gasteiger partial charge in [-0.25, -0.2) is 0 Å². The molecule has 1 aliphatic rings. The van der Waals surface area contributed by atoms with E-state index in [0.29, 0.717) is 5.69 Å². The van der Waals surface area contributed by atoms with Crippen molar-refractivity contribution in [3.05, 3.63) is 11.9 Å². The molecule has 1 amide bonds. The molecule has 0 bridgehead atoms. The first-order valence-corrected chi connectivity index (χ1v) is 3.46. The zero-order chi connectivity index (χ0) is 8.55. The van der Waals surface area contributed by atoms with Crippen molar-refractivity contribution in [3.8, 4) is 0 Å². The van der Waals surface area contributed by atoms with Crippen LogP contribution in [0, 0.1) is 0 Å². The van der Waals surface area contributed by atoms with Crippen molar-refractivity contribution >= 4 is 11.7 Å². The lowest BCUT2D eigenvalue weighted by molar-refractivity contribution is -0.124. The number of Topliss-reactive ketones (excluding diaryl/α,β-unsaturated/α-hetero) is 1. The molecule has 1 aromatic rings. The van der Waals surface area contributed by atoms with Crippen LogP contribution in [-0.2, 0) is 9.59 Å². The number of aromatic amines is 1. The summed E-state index contributed by atoms with van der Waals surface area (Å²) >= 11 is 0. The molecular weight excluding hydrogens is 160 g/mol. The zero-order valence-corrected chi connectivity index (χ0v) is 6.07. The molecule has 62 valence electrons. The van der Waals surface area contributed by atoms with Crippen LogP contribution >= 0.6 is 0 Å². The zero-order valence-electron chi connectivity index (χ0n) is 6.07. The number of nitrogens with zero attached hydrogens (tertiary/aromatic N) is 2. The highest BCUT2D eigenvalue weighted by molar-refractivity contribution is 6.12. The van der Waals surface area contributed by atoms with E-state index in [4.69, 9.17) is 0 Å². The number of H-pyrrole nitrogens is 1. The van der Waals surface area contributed by atoms with Crippen LogP contribution in [-0.4, -0.2) is 33.6 Å². The Balaban J connectivity index is 2.34. The van der Waals surface area contributed by atoms with Gasteiger partial charge in [0.15, 0.2) is 5.78 Å². The third-order valence-electron chi connectivity index (χ3n) is 1.75. The predicted molar refractivity (Wildman–Crippen MR) is 37.1 cm³/mol. The third-order valence-corrected chi connectivity index (χ3v) is 1.75. The van der Waals surface area contributed by atoms with E-state index in [2.05, 4.69) is 20.7 Å². The standard InChI is InChI=1S/C6H6N4O2/c11-4-2-7-6(12)5(4)3-1-8-10-9-3/h1,5H,2H2,(H,7,12)(H,8,9,10). The van der Waals surface area contributed by atoms with Gasteiger partial charge in [0.1, 0.15) is 11.6 Å². The van der Waals surface area contributed by atoms with Crippen LogP contribution in [0.3, 0.4) is 0 Å². The van der Waals surface area contributed by atoms with Crippen molar-refractivity contribution in [1.82, 2.24) is 20.7 Å². The Kier molecular flexibility index (Phi) is 1.39. The van der Waals surface area contributed by atoms with Gasteiger partial charge in [-0.1, -0.05) is 5.21 Å². The average Bonchev–Trinajstić information content (AvgIpc) is 2.61. The number of amides is 1. The van der Waals surface area contributed by atoms with E-state index in [1.807, 2.05) is 0 Å². The summed E-state index contributed by atoms with van der Waals surface area (Å²) in [6.45, 7) is 0.0936. The second-order valence-electron chi connectivity index (χ2n) is 2.52. The average molecular weight is 166 g/mol. The molecule has 0 radical (unpaired) electrons. The van der Waals surface area contributed by atoms with Gasteiger partial charge in [0.25, 0.3) is 0 Å². The van der Waals surface area contributed by atoms with Crippen molar-refractivity contribution in [2.75, 3.05) is 6.54 Å². The fourth-order valence-corrected chi connectivity index (χ4v) is 1.18. The Bertz CT molecular complexity index is 302. The number of hydrogen-bond donors (Lipinski definition) is 2. The predicted octanol–water partition coefficient (Wildman–Crippen LogP) is -1.41. The van der Waals surface area contributed by atoms with E-state index < -0.39 is 5.92 Å². The van der Waals surface area contributed by atoms with Crippen molar-refractivity contribution in [2.24, 2.45) is 0 Å². The summed E-state index contributed by atoms with van der Waals surface area (Å²) in [4.78, 5) is 22.2. The van der Waals surface area contributed by atoms with Crippen LogP contribution in [0.25, 0.3) is 0 Å². The molecule has 0 spiro atoms. The maximum atomic E-state index is 11.1. The number of nitrogens with one attached hydrogen (secondary N) is 2. The van der Waals surface area contributed by atoms with Crippen molar-refractivity contribution in [3.63, 3.8) is 0 Å². The quantitative estimate of drug-likeness (QED) is 0.501. The second kappa shape index (κ2) is 2.40. The van der Waals surface area contributed by atoms with Gasteiger partial charge in [0, 0.05) is 6.20 Å². The lowest BCUT2D eigenvalue weighted by Gasteiger charge is -1.97. The van der Waals surface area contributed by atoms with Crippen molar-refractivity contribution in [1.29, 1.82) is 0 Å². The van der Waals surface area contributed by atoms with Gasteiger partial charge >= 0.3 is 0 Å². The number of carbonyl (C=O) groups is 2. The Morgan fingerprint density at radius 2 is 2.33 bits per heavy atom. The van der Waals surface area contributed by atoms with E-state index in [0.717, 1.165) is 0 Å². The van der Waals surface area contributed by atoms with Crippen LogP contribution in [0.4, 0.5) is 0 Å². The molecule has 2 N–H and O–H groups in total. The molecule has 6 nitrogen and oxygen atoms in total. The van der Waals surface area contributed by atoms with Gasteiger partial charge in [-0.2, -0.15) is 0 Å². The summed E-state index contributed by atoms with van der Waals surface area (Å²) in [5.74, 6) is -1.22. The van der Waals surface area contributed by atoms with Crippen LogP contribution in [0.2, 0.25) is 0 Å². The first-order chi connectivity index (χ1) is 5.79. The Morgan fingerprint density at radius 1 is 1.50 bits per heavy atom. The van der Waals surface area contributed by atoms with Crippen molar-refractivity contribution < 1.29 is 9.59 Å². The third kappa shape index (κ3) is 0.884. The van der Waals surface area contributed by atoms with Gasteiger partial charge < -0.3 is 5.32 Å². The van der Waals surface area contributed by atoms with Crippen molar-refractivity contribution in [2.45, 2.75) is 5.92 Å². The summed E-state index contributed by atoms with van der Waals surface area (Å²) in [5, 5.41) is 11.9. The highest BCUT2D eigenvalue weighted by Crippen LogP contribution is 2.16. The van der Waals surface area contributed by atoms with E-state index in [1.54, 1.807) is 0 Å². The molecule has 12 heavy (non-hydrogen) atoms. The lowest BCUT2D eigenvalue weighted by atomic mass is 10.0. The van der Waals surface area contributed by atoms with Gasteiger partial charge in [0.2, 0.25) is 5.91 Å². The van der Waals surface area contributed by atoms with Gasteiger partial charge in [-0.05, 0) is 0 Å². The van der Waals surface area contributed by atoms with Gasteiger partial charge in [-0.15, -0.1) is 5.10 Å². The minimum absolute atomic E-state index is 0.0936. The summed E-state index contributed by atoms with van der Waals surface area (Å²) in [6.07, 6.45) is 1.45. The monoisotopic (exact) mass is 166 g/mol. The Labute approximate surface area is 67.3 Å². The molecule has 0 saturated carbocycles. The Hall–Kier alpha value is -1.72. The summed E-state index contributed by atoms with van der Waals surface area (Å²) in [7, 11) is 0. The van der Waals surface area contributed by atoms with E-state index in [9.17, 15) is 9.59 Å². The lowest BCUT2D eigenvalue weighted by Crippen LogP contribution is -2.18. The minimum Gasteiger partial charge on any atom is -0.348 e. The second-order valence-corrected chi connectivity index (χ2v) is 2.52. The molecule has 0 aliphatic carbocycles. The summed E-state index contributed by atoms with van der Waals surface area (Å²) in [6, 6.07) is 0. The molecule has 6 heteroatoms. The molecule has 2 heterocycles. The smallest absolute Gasteiger partial charge is 0.237 e. The first kappa shape index (κ1) is 6.96. The highest BCUT2D eigenvalue weighted by atomic mass is 16.2. The maximum absolute atomic E-state index is 11.1. The van der Waals surface area contributed by atoms with E-state index in [-0.39, 0.29) is 18.2 Å². The van der Waals surface area contributed by atoms with Crippen LogP contribution in [0.15, 0.2) is 6.20 Å². The topological polar surface area (TPSA) is 87.7 Å². The molecular formula is C6H6N4O2. The minimum atomic E-state index is -0.760. The van der Waals surface area contributed by atoms with Crippen LogP contribution < -0.4 is 5.32 Å². The normalized spacial score (nSPS) is 22.8. The summed E-state index contributed by atoms with van der Waals surface area (Å²) in [5.41, 5.74) is 0.384. The highest BCUT2D eigenvalue weighted by Gasteiger charge is 2.35. The van der Waals surface area contributed by atoms with Crippen LogP contribution in [0.5, 0.6) is 0 Å².